The highest BCUT2D eigenvalue weighted by atomic mass is 16.5. The Balaban J connectivity index is 2.75. The van der Waals surface area contributed by atoms with E-state index in [2.05, 4.69) is 14.7 Å². The molecule has 0 aliphatic carbocycles. The average molecular weight is 269 g/mol. The molecule has 1 heterocycles. The van der Waals surface area contributed by atoms with E-state index >= 15 is 0 Å². The van der Waals surface area contributed by atoms with Crippen LogP contribution in [0.1, 0.15) is 30.9 Å². The van der Waals surface area contributed by atoms with E-state index in [1.54, 1.807) is 0 Å². The summed E-state index contributed by atoms with van der Waals surface area (Å²) in [7, 11) is 4.37. The minimum Gasteiger partial charge on any atom is -0.481 e. The van der Waals surface area contributed by atoms with Gasteiger partial charge in [-0.2, -0.15) is 0 Å². The van der Waals surface area contributed by atoms with Gasteiger partial charge < -0.3 is 19.9 Å². The molecule has 1 aromatic rings. The lowest BCUT2D eigenvalue weighted by molar-refractivity contribution is -0.140. The van der Waals surface area contributed by atoms with E-state index in [1.807, 2.05) is 0 Å². The van der Waals surface area contributed by atoms with Crippen molar-refractivity contribution in [3.05, 3.63) is 11.9 Å². The molecule has 0 radical (unpaired) electrons. The normalized spacial score (nSPS) is 11.8. The second-order valence-corrected chi connectivity index (χ2v) is 3.88. The number of nitrogens with two attached hydrogens (primary N) is 1. The number of aromatic nitrogens is 2. The van der Waals surface area contributed by atoms with Crippen molar-refractivity contribution in [1.29, 1.82) is 0 Å². The van der Waals surface area contributed by atoms with E-state index < -0.39 is 0 Å². The van der Waals surface area contributed by atoms with Gasteiger partial charge in [-0.15, -0.1) is 0 Å². The molecule has 106 valence electrons. The molecule has 0 aromatic carbocycles. The van der Waals surface area contributed by atoms with Crippen LogP contribution in [0.15, 0.2) is 6.33 Å². The second-order valence-electron chi connectivity index (χ2n) is 3.88. The van der Waals surface area contributed by atoms with Gasteiger partial charge in [0.2, 0.25) is 11.8 Å². The molecular formula is C12H19N3O4. The van der Waals surface area contributed by atoms with Crippen molar-refractivity contribution < 1.29 is 19.0 Å². The first-order chi connectivity index (χ1) is 9.13. The maximum atomic E-state index is 11.0. The zero-order chi connectivity index (χ0) is 14.3. The van der Waals surface area contributed by atoms with Crippen LogP contribution in [-0.2, 0) is 9.53 Å². The van der Waals surface area contributed by atoms with Crippen LogP contribution in [0, 0.1) is 0 Å². The molecule has 0 aliphatic rings. The van der Waals surface area contributed by atoms with Crippen molar-refractivity contribution in [3.63, 3.8) is 0 Å². The number of ether oxygens (including phenoxy) is 3. The summed E-state index contributed by atoms with van der Waals surface area (Å²) in [6, 6.07) is -0.365. The van der Waals surface area contributed by atoms with Crippen molar-refractivity contribution >= 4 is 5.97 Å². The second kappa shape index (κ2) is 7.52. The zero-order valence-corrected chi connectivity index (χ0v) is 11.4. The number of methoxy groups -OCH3 is 3. The molecule has 0 saturated carbocycles. The predicted molar refractivity (Wildman–Crippen MR) is 67.9 cm³/mol. The van der Waals surface area contributed by atoms with Crippen molar-refractivity contribution in [2.24, 2.45) is 5.73 Å². The van der Waals surface area contributed by atoms with Gasteiger partial charge in [-0.3, -0.25) is 4.79 Å². The SMILES string of the molecule is COC(=O)CCCC(N)c1c(OC)ncnc1OC. The first-order valence-electron chi connectivity index (χ1n) is 5.89. The van der Waals surface area contributed by atoms with Crippen molar-refractivity contribution in [3.8, 4) is 11.8 Å². The Bertz CT molecular complexity index is 403. The fourth-order valence-corrected chi connectivity index (χ4v) is 1.72. The molecule has 0 saturated heterocycles. The van der Waals surface area contributed by atoms with Gasteiger partial charge in [-0.05, 0) is 12.8 Å². The van der Waals surface area contributed by atoms with Crippen molar-refractivity contribution in [2.75, 3.05) is 21.3 Å². The van der Waals surface area contributed by atoms with Crippen LogP contribution in [0.3, 0.4) is 0 Å². The molecule has 1 rings (SSSR count). The molecule has 19 heavy (non-hydrogen) atoms. The van der Waals surface area contributed by atoms with Gasteiger partial charge >= 0.3 is 5.97 Å². The van der Waals surface area contributed by atoms with Gasteiger partial charge in [0.05, 0.1) is 26.9 Å². The molecule has 0 spiro atoms. The summed E-state index contributed by atoms with van der Waals surface area (Å²) < 4.78 is 14.9. The Morgan fingerprint density at radius 3 is 2.32 bits per heavy atom. The summed E-state index contributed by atoms with van der Waals surface area (Å²) in [5.74, 6) is 0.519. The molecule has 0 bridgehead atoms. The third-order valence-corrected chi connectivity index (χ3v) is 2.69. The quantitative estimate of drug-likeness (QED) is 0.732. The molecule has 7 heteroatoms. The lowest BCUT2D eigenvalue weighted by Gasteiger charge is -2.16. The first kappa shape index (κ1) is 15.2. The largest absolute Gasteiger partial charge is 0.481 e. The van der Waals surface area contributed by atoms with Gasteiger partial charge in [-0.1, -0.05) is 0 Å². The topological polar surface area (TPSA) is 96.6 Å². The number of hydrogen-bond acceptors (Lipinski definition) is 7. The van der Waals surface area contributed by atoms with Gasteiger partial charge in [0.1, 0.15) is 6.33 Å². The molecule has 1 atom stereocenters. The zero-order valence-electron chi connectivity index (χ0n) is 11.4. The lowest BCUT2D eigenvalue weighted by Crippen LogP contribution is -2.15. The number of carbonyl (C=O) groups is 1. The highest BCUT2D eigenvalue weighted by Gasteiger charge is 2.20. The summed E-state index contributed by atoms with van der Waals surface area (Å²) in [5.41, 5.74) is 6.69. The summed E-state index contributed by atoms with van der Waals surface area (Å²) >= 11 is 0. The van der Waals surface area contributed by atoms with Crippen molar-refractivity contribution in [1.82, 2.24) is 9.97 Å². The van der Waals surface area contributed by atoms with E-state index in [4.69, 9.17) is 15.2 Å². The highest BCUT2D eigenvalue weighted by molar-refractivity contribution is 5.69. The van der Waals surface area contributed by atoms with E-state index in [0.717, 1.165) is 0 Å². The molecule has 0 aliphatic heterocycles. The predicted octanol–water partition coefficient (Wildman–Crippen LogP) is 0.837. The van der Waals surface area contributed by atoms with Crippen LogP contribution >= 0.6 is 0 Å². The summed E-state index contributed by atoms with van der Waals surface area (Å²) in [4.78, 5) is 19.0. The highest BCUT2D eigenvalue weighted by Crippen LogP contribution is 2.31. The fourth-order valence-electron chi connectivity index (χ4n) is 1.72. The Morgan fingerprint density at radius 1 is 1.26 bits per heavy atom. The molecule has 1 unspecified atom stereocenters. The monoisotopic (exact) mass is 269 g/mol. The summed E-state index contributed by atoms with van der Waals surface area (Å²) in [6.45, 7) is 0. The minimum atomic E-state index is -0.365. The molecular weight excluding hydrogens is 250 g/mol. The van der Waals surface area contributed by atoms with Gasteiger partial charge in [0.15, 0.2) is 0 Å². The third-order valence-electron chi connectivity index (χ3n) is 2.69. The van der Waals surface area contributed by atoms with Crippen LogP contribution < -0.4 is 15.2 Å². The maximum absolute atomic E-state index is 11.0. The summed E-state index contributed by atoms with van der Waals surface area (Å²) in [6.07, 6.45) is 2.86. The first-order valence-corrected chi connectivity index (χ1v) is 5.89. The van der Waals surface area contributed by atoms with Gasteiger partial charge in [0, 0.05) is 12.5 Å². The van der Waals surface area contributed by atoms with E-state index in [0.29, 0.717) is 36.6 Å². The number of nitrogens with zero attached hydrogens (tertiary/aromatic N) is 2. The molecule has 2 N–H and O–H groups in total. The Labute approximate surface area is 112 Å². The molecule has 1 aromatic heterocycles. The van der Waals surface area contributed by atoms with E-state index in [9.17, 15) is 4.79 Å². The number of rotatable bonds is 7. The average Bonchev–Trinajstić information content (AvgIpc) is 2.45. The molecule has 0 amide bonds. The number of esters is 1. The summed E-state index contributed by atoms with van der Waals surface area (Å²) in [5, 5.41) is 0. The van der Waals surface area contributed by atoms with E-state index in [-0.39, 0.29) is 12.0 Å². The van der Waals surface area contributed by atoms with Crippen molar-refractivity contribution in [2.45, 2.75) is 25.3 Å². The third kappa shape index (κ3) is 4.06. The maximum Gasteiger partial charge on any atom is 0.305 e. The van der Waals surface area contributed by atoms with E-state index in [1.165, 1.54) is 27.7 Å². The number of carbonyl (C=O) groups excluding carboxylic acids is 1. The van der Waals surface area contributed by atoms with Crippen LogP contribution in [0.2, 0.25) is 0 Å². The Morgan fingerprint density at radius 2 is 1.84 bits per heavy atom. The van der Waals surface area contributed by atoms with Crippen LogP contribution in [-0.4, -0.2) is 37.3 Å². The standard InChI is InChI=1S/C12H19N3O4/c1-17-9(16)6-4-5-8(13)10-11(18-2)14-7-15-12(10)19-3/h7-8H,4-6,13H2,1-3H3. The lowest BCUT2D eigenvalue weighted by atomic mass is 10.0. The van der Waals surface area contributed by atoms with Crippen LogP contribution in [0.25, 0.3) is 0 Å². The molecule has 7 nitrogen and oxygen atoms in total. The number of hydrogen-bond donors (Lipinski definition) is 1. The van der Waals surface area contributed by atoms with Crippen LogP contribution in [0.5, 0.6) is 11.8 Å². The Kier molecular flexibility index (Phi) is 6.01. The van der Waals surface area contributed by atoms with Crippen LogP contribution in [0.4, 0.5) is 0 Å². The van der Waals surface area contributed by atoms with Gasteiger partial charge in [-0.25, -0.2) is 9.97 Å². The van der Waals surface area contributed by atoms with Gasteiger partial charge in [0.25, 0.3) is 0 Å². The minimum absolute atomic E-state index is 0.254. The fraction of sp³-hybridized carbons (Fsp3) is 0.583. The Hall–Kier alpha value is -1.89. The molecule has 0 fully saturated rings. The smallest absolute Gasteiger partial charge is 0.305 e.